The predicted octanol–water partition coefficient (Wildman–Crippen LogP) is 6.36. The minimum atomic E-state index is 0.482. The Morgan fingerprint density at radius 2 is 1.56 bits per heavy atom. The SMILES string of the molecule is CC(C)c1cccc(C(C)C)c1-c1nc2c3c(ccc2[nH]1)CCCC3. The molecule has 2 heteroatoms. The van der Waals surface area contributed by atoms with E-state index in [9.17, 15) is 0 Å². The van der Waals surface area contributed by atoms with Gasteiger partial charge in [-0.25, -0.2) is 4.98 Å². The van der Waals surface area contributed by atoms with E-state index in [1.807, 2.05) is 0 Å². The Bertz CT molecular complexity index is 889. The fraction of sp³-hybridized carbons (Fsp3) is 0.435. The average molecular weight is 332 g/mol. The van der Waals surface area contributed by atoms with Crippen LogP contribution < -0.4 is 0 Å². The Labute approximate surface area is 150 Å². The van der Waals surface area contributed by atoms with E-state index in [-0.39, 0.29) is 0 Å². The van der Waals surface area contributed by atoms with Crippen molar-refractivity contribution in [3.63, 3.8) is 0 Å². The van der Waals surface area contributed by atoms with Crippen LogP contribution in [0.1, 0.15) is 74.6 Å². The van der Waals surface area contributed by atoms with Crippen molar-refractivity contribution in [3.8, 4) is 11.4 Å². The highest BCUT2D eigenvalue weighted by Gasteiger charge is 2.20. The third-order valence-corrected chi connectivity index (χ3v) is 5.59. The molecule has 2 aromatic carbocycles. The first-order chi connectivity index (χ1) is 12.1. The van der Waals surface area contributed by atoms with Gasteiger partial charge in [-0.1, -0.05) is 52.0 Å². The summed E-state index contributed by atoms with van der Waals surface area (Å²) in [6, 6.07) is 11.2. The van der Waals surface area contributed by atoms with Gasteiger partial charge >= 0.3 is 0 Å². The van der Waals surface area contributed by atoms with Crippen LogP contribution in [0.3, 0.4) is 0 Å². The van der Waals surface area contributed by atoms with Crippen LogP contribution in [-0.2, 0) is 12.8 Å². The molecule has 0 atom stereocenters. The standard InChI is InChI=1S/C23H28N2/c1-14(2)17-10-7-11-18(15(3)4)21(17)23-24-20-13-12-16-8-5-6-9-19(16)22(20)25-23/h7,10-15H,5-6,8-9H2,1-4H3,(H,24,25). The molecule has 4 rings (SSSR count). The molecule has 0 aliphatic heterocycles. The summed E-state index contributed by atoms with van der Waals surface area (Å²) in [5.41, 5.74) is 9.44. The van der Waals surface area contributed by atoms with Gasteiger partial charge in [0.1, 0.15) is 5.82 Å². The molecule has 0 radical (unpaired) electrons. The molecule has 0 saturated carbocycles. The lowest BCUT2D eigenvalue weighted by Gasteiger charge is -2.18. The highest BCUT2D eigenvalue weighted by molar-refractivity contribution is 5.85. The summed E-state index contributed by atoms with van der Waals surface area (Å²) in [5, 5.41) is 0. The molecule has 1 aliphatic rings. The zero-order chi connectivity index (χ0) is 17.6. The summed E-state index contributed by atoms with van der Waals surface area (Å²) in [6.45, 7) is 9.09. The third kappa shape index (κ3) is 2.78. The largest absolute Gasteiger partial charge is 0.338 e. The fourth-order valence-corrected chi connectivity index (χ4v) is 4.25. The second kappa shape index (κ2) is 6.33. The molecular formula is C23H28N2. The minimum absolute atomic E-state index is 0.482. The van der Waals surface area contributed by atoms with Gasteiger partial charge in [-0.05, 0) is 65.8 Å². The lowest BCUT2D eigenvalue weighted by Crippen LogP contribution is -2.03. The van der Waals surface area contributed by atoms with Gasteiger partial charge in [-0.15, -0.1) is 0 Å². The number of aromatic nitrogens is 2. The molecular weight excluding hydrogens is 304 g/mol. The number of nitrogens with one attached hydrogen (secondary N) is 1. The van der Waals surface area contributed by atoms with E-state index in [0.717, 1.165) is 5.82 Å². The molecule has 1 heterocycles. The first-order valence-corrected chi connectivity index (χ1v) is 9.70. The summed E-state index contributed by atoms with van der Waals surface area (Å²) in [4.78, 5) is 8.77. The van der Waals surface area contributed by atoms with Crippen molar-refractivity contribution >= 4 is 11.0 Å². The molecule has 25 heavy (non-hydrogen) atoms. The van der Waals surface area contributed by atoms with Crippen molar-refractivity contribution in [2.24, 2.45) is 0 Å². The number of aryl methyl sites for hydroxylation is 2. The maximum Gasteiger partial charge on any atom is 0.139 e. The Balaban J connectivity index is 1.96. The molecule has 1 aliphatic carbocycles. The Hall–Kier alpha value is -2.09. The number of rotatable bonds is 3. The Morgan fingerprint density at radius 3 is 2.24 bits per heavy atom. The number of H-pyrrole nitrogens is 1. The zero-order valence-corrected chi connectivity index (χ0v) is 15.8. The number of hydrogen-bond acceptors (Lipinski definition) is 1. The van der Waals surface area contributed by atoms with E-state index >= 15 is 0 Å². The molecule has 0 saturated heterocycles. The molecule has 0 fully saturated rings. The second-order valence-corrected chi connectivity index (χ2v) is 8.01. The van der Waals surface area contributed by atoms with Crippen molar-refractivity contribution in [3.05, 3.63) is 52.6 Å². The monoisotopic (exact) mass is 332 g/mol. The normalized spacial score (nSPS) is 14.5. The number of hydrogen-bond donors (Lipinski definition) is 1. The average Bonchev–Trinajstić information content (AvgIpc) is 3.05. The van der Waals surface area contributed by atoms with Crippen molar-refractivity contribution in [1.29, 1.82) is 0 Å². The van der Waals surface area contributed by atoms with Gasteiger partial charge in [0.15, 0.2) is 0 Å². The van der Waals surface area contributed by atoms with Gasteiger partial charge in [0.2, 0.25) is 0 Å². The number of aromatic amines is 1. The van der Waals surface area contributed by atoms with Gasteiger partial charge in [0, 0.05) is 5.56 Å². The zero-order valence-electron chi connectivity index (χ0n) is 15.8. The maximum atomic E-state index is 5.13. The molecule has 0 spiro atoms. The summed E-state index contributed by atoms with van der Waals surface area (Å²) in [7, 11) is 0. The molecule has 130 valence electrons. The van der Waals surface area contributed by atoms with Crippen LogP contribution in [0.5, 0.6) is 0 Å². The summed E-state index contributed by atoms with van der Waals surface area (Å²) in [6.07, 6.45) is 4.96. The number of imidazole rings is 1. The van der Waals surface area contributed by atoms with Crippen LogP contribution in [0.15, 0.2) is 30.3 Å². The van der Waals surface area contributed by atoms with Crippen LogP contribution in [0.4, 0.5) is 0 Å². The van der Waals surface area contributed by atoms with E-state index in [4.69, 9.17) is 4.98 Å². The number of fused-ring (bicyclic) bond motifs is 3. The summed E-state index contributed by atoms with van der Waals surface area (Å²) in [5.74, 6) is 2.01. The van der Waals surface area contributed by atoms with Gasteiger partial charge < -0.3 is 4.98 Å². The molecule has 1 aromatic heterocycles. The minimum Gasteiger partial charge on any atom is -0.338 e. The van der Waals surface area contributed by atoms with Crippen LogP contribution in [-0.4, -0.2) is 9.97 Å². The summed E-state index contributed by atoms with van der Waals surface area (Å²) < 4.78 is 0. The molecule has 2 nitrogen and oxygen atoms in total. The molecule has 0 amide bonds. The first kappa shape index (κ1) is 16.4. The quantitative estimate of drug-likeness (QED) is 0.594. The van der Waals surface area contributed by atoms with Crippen molar-refractivity contribution in [2.75, 3.05) is 0 Å². The topological polar surface area (TPSA) is 28.7 Å². The summed E-state index contributed by atoms with van der Waals surface area (Å²) >= 11 is 0. The molecule has 0 unspecified atom stereocenters. The van der Waals surface area contributed by atoms with Crippen molar-refractivity contribution in [1.82, 2.24) is 9.97 Å². The van der Waals surface area contributed by atoms with Gasteiger partial charge in [0.25, 0.3) is 0 Å². The van der Waals surface area contributed by atoms with Crippen LogP contribution in [0.25, 0.3) is 22.4 Å². The van der Waals surface area contributed by atoms with E-state index in [1.165, 1.54) is 64.5 Å². The highest BCUT2D eigenvalue weighted by atomic mass is 14.9. The molecule has 0 bridgehead atoms. The smallest absolute Gasteiger partial charge is 0.139 e. The lowest BCUT2D eigenvalue weighted by molar-refractivity contribution is 0.689. The van der Waals surface area contributed by atoms with Crippen molar-refractivity contribution < 1.29 is 0 Å². The highest BCUT2D eigenvalue weighted by Crippen LogP contribution is 2.37. The Kier molecular flexibility index (Phi) is 4.15. The van der Waals surface area contributed by atoms with E-state index in [2.05, 4.69) is 63.0 Å². The van der Waals surface area contributed by atoms with Gasteiger partial charge in [-0.3, -0.25) is 0 Å². The van der Waals surface area contributed by atoms with Crippen LogP contribution in [0.2, 0.25) is 0 Å². The van der Waals surface area contributed by atoms with Gasteiger partial charge in [-0.2, -0.15) is 0 Å². The predicted molar refractivity (Wildman–Crippen MR) is 106 cm³/mol. The fourth-order valence-electron chi connectivity index (χ4n) is 4.25. The van der Waals surface area contributed by atoms with E-state index in [1.54, 1.807) is 0 Å². The first-order valence-electron chi connectivity index (χ1n) is 9.70. The lowest BCUT2D eigenvalue weighted by atomic mass is 9.88. The van der Waals surface area contributed by atoms with Crippen LogP contribution >= 0.6 is 0 Å². The maximum absolute atomic E-state index is 5.13. The van der Waals surface area contributed by atoms with Crippen LogP contribution in [0, 0.1) is 0 Å². The Morgan fingerprint density at radius 1 is 0.880 bits per heavy atom. The third-order valence-electron chi connectivity index (χ3n) is 5.59. The molecule has 3 aromatic rings. The van der Waals surface area contributed by atoms with E-state index < -0.39 is 0 Å². The van der Waals surface area contributed by atoms with E-state index in [0.29, 0.717) is 11.8 Å². The number of nitrogens with zero attached hydrogens (tertiary/aromatic N) is 1. The van der Waals surface area contributed by atoms with Crippen molar-refractivity contribution in [2.45, 2.75) is 65.2 Å². The number of benzene rings is 2. The molecule has 1 N–H and O–H groups in total. The second-order valence-electron chi connectivity index (χ2n) is 8.01. The van der Waals surface area contributed by atoms with Gasteiger partial charge in [0.05, 0.1) is 11.0 Å².